The number of aromatic hydroxyl groups is 1. The summed E-state index contributed by atoms with van der Waals surface area (Å²) in [6, 6.07) is 16.5. The molecule has 0 atom stereocenters. The van der Waals surface area contributed by atoms with Crippen molar-refractivity contribution >= 4 is 16.8 Å². The predicted molar refractivity (Wildman–Crippen MR) is 91.7 cm³/mol. The van der Waals surface area contributed by atoms with Gasteiger partial charge in [-0.2, -0.15) is 0 Å². The smallest absolute Gasteiger partial charge is 0.258 e. The third kappa shape index (κ3) is 3.21. The van der Waals surface area contributed by atoms with Gasteiger partial charge >= 0.3 is 0 Å². The first-order chi connectivity index (χ1) is 11.7. The van der Waals surface area contributed by atoms with Crippen molar-refractivity contribution in [1.82, 2.24) is 9.88 Å². The van der Waals surface area contributed by atoms with Crippen LogP contribution in [0, 0.1) is 0 Å². The van der Waals surface area contributed by atoms with Crippen LogP contribution in [0.15, 0.2) is 60.8 Å². The lowest BCUT2D eigenvalue weighted by Gasteiger charge is -2.22. The number of aliphatic hydroxyl groups excluding tert-OH is 1. The molecule has 0 aliphatic heterocycles. The van der Waals surface area contributed by atoms with Crippen molar-refractivity contribution in [2.24, 2.45) is 0 Å². The summed E-state index contributed by atoms with van der Waals surface area (Å²) in [5, 5.41) is 20.5. The number of carbonyl (C=O) groups is 1. The number of nitrogens with zero attached hydrogens (tertiary/aromatic N) is 2. The van der Waals surface area contributed by atoms with Crippen molar-refractivity contribution in [2.75, 3.05) is 13.2 Å². The molecule has 0 radical (unpaired) electrons. The molecule has 0 aliphatic rings. The topological polar surface area (TPSA) is 73.7 Å². The minimum Gasteiger partial charge on any atom is -0.505 e. The van der Waals surface area contributed by atoms with Crippen LogP contribution in [-0.2, 0) is 6.54 Å². The Morgan fingerprint density at radius 1 is 1.04 bits per heavy atom. The molecule has 3 rings (SSSR count). The molecule has 0 spiro atoms. The number of aromatic nitrogens is 1. The summed E-state index contributed by atoms with van der Waals surface area (Å²) in [6.45, 7) is 0.401. The predicted octanol–water partition coefficient (Wildman–Crippen LogP) is 2.58. The lowest BCUT2D eigenvalue weighted by molar-refractivity contribution is 0.0705. The molecular formula is C19H18N2O3. The first-order valence-corrected chi connectivity index (χ1v) is 7.71. The van der Waals surface area contributed by atoms with Gasteiger partial charge in [-0.1, -0.05) is 42.5 Å². The van der Waals surface area contributed by atoms with Crippen LogP contribution < -0.4 is 0 Å². The molecule has 1 aromatic heterocycles. The SMILES string of the molecule is O=C(c1ccc2cccnc2c1O)N(CCO)Cc1ccccc1. The third-order valence-electron chi connectivity index (χ3n) is 3.85. The van der Waals surface area contributed by atoms with E-state index in [1.54, 1.807) is 24.4 Å². The van der Waals surface area contributed by atoms with Gasteiger partial charge in [-0.25, -0.2) is 0 Å². The Morgan fingerprint density at radius 2 is 1.83 bits per heavy atom. The van der Waals surface area contributed by atoms with Gasteiger partial charge in [0.2, 0.25) is 0 Å². The summed E-state index contributed by atoms with van der Waals surface area (Å²) >= 11 is 0. The fraction of sp³-hybridized carbons (Fsp3) is 0.158. The fourth-order valence-corrected chi connectivity index (χ4v) is 2.65. The number of carbonyl (C=O) groups excluding carboxylic acids is 1. The lowest BCUT2D eigenvalue weighted by atomic mass is 10.1. The van der Waals surface area contributed by atoms with Gasteiger partial charge in [0.25, 0.3) is 5.91 Å². The molecule has 5 nitrogen and oxygen atoms in total. The number of rotatable bonds is 5. The number of phenols is 1. The Labute approximate surface area is 139 Å². The lowest BCUT2D eigenvalue weighted by Crippen LogP contribution is -2.33. The molecule has 3 aromatic rings. The summed E-state index contributed by atoms with van der Waals surface area (Å²) in [5.41, 5.74) is 1.54. The Balaban J connectivity index is 1.94. The molecule has 2 aromatic carbocycles. The number of hydrogen-bond acceptors (Lipinski definition) is 4. The molecule has 0 unspecified atom stereocenters. The Kier molecular flexibility index (Phi) is 4.72. The van der Waals surface area contributed by atoms with E-state index in [2.05, 4.69) is 4.98 Å². The standard InChI is InChI=1S/C19H18N2O3/c22-12-11-21(13-14-5-2-1-3-6-14)19(24)16-9-8-15-7-4-10-20-17(15)18(16)23/h1-10,22-23H,11-13H2. The highest BCUT2D eigenvalue weighted by molar-refractivity contribution is 6.02. The van der Waals surface area contributed by atoms with Crippen LogP contribution in [0.4, 0.5) is 0 Å². The average Bonchev–Trinajstić information content (AvgIpc) is 2.62. The minimum atomic E-state index is -0.335. The first-order valence-electron chi connectivity index (χ1n) is 7.71. The molecule has 0 fully saturated rings. The van der Waals surface area contributed by atoms with Gasteiger partial charge in [-0.05, 0) is 17.7 Å². The van der Waals surface area contributed by atoms with Crippen LogP contribution >= 0.6 is 0 Å². The Bertz CT molecular complexity index is 850. The maximum atomic E-state index is 12.8. The third-order valence-corrected chi connectivity index (χ3v) is 3.85. The second-order valence-corrected chi connectivity index (χ2v) is 5.47. The molecular weight excluding hydrogens is 304 g/mol. The van der Waals surface area contributed by atoms with Gasteiger partial charge in [0.1, 0.15) is 5.52 Å². The zero-order valence-corrected chi connectivity index (χ0v) is 13.1. The second-order valence-electron chi connectivity index (χ2n) is 5.47. The molecule has 1 heterocycles. The highest BCUT2D eigenvalue weighted by Crippen LogP contribution is 2.28. The molecule has 122 valence electrons. The maximum absolute atomic E-state index is 12.8. The normalized spacial score (nSPS) is 10.7. The van der Waals surface area contributed by atoms with E-state index in [0.29, 0.717) is 12.1 Å². The number of aliphatic hydroxyl groups is 1. The summed E-state index contributed by atoms with van der Waals surface area (Å²) in [7, 11) is 0. The van der Waals surface area contributed by atoms with Crippen molar-refractivity contribution in [3.05, 3.63) is 71.9 Å². The van der Waals surface area contributed by atoms with Crippen LogP contribution in [0.5, 0.6) is 5.75 Å². The highest BCUT2D eigenvalue weighted by atomic mass is 16.3. The van der Waals surface area contributed by atoms with Crippen LogP contribution in [0.25, 0.3) is 10.9 Å². The summed E-state index contributed by atoms with van der Waals surface area (Å²) in [4.78, 5) is 18.5. The minimum absolute atomic E-state index is 0.130. The molecule has 1 amide bonds. The number of fused-ring (bicyclic) bond motifs is 1. The zero-order valence-electron chi connectivity index (χ0n) is 13.1. The zero-order chi connectivity index (χ0) is 16.9. The maximum Gasteiger partial charge on any atom is 0.258 e. The van der Waals surface area contributed by atoms with E-state index in [1.165, 1.54) is 4.90 Å². The van der Waals surface area contributed by atoms with Crippen LogP contribution in [0.3, 0.4) is 0 Å². The van der Waals surface area contributed by atoms with Crippen molar-refractivity contribution in [3.8, 4) is 5.75 Å². The van der Waals surface area contributed by atoms with E-state index in [-0.39, 0.29) is 30.4 Å². The van der Waals surface area contributed by atoms with Gasteiger partial charge < -0.3 is 15.1 Å². The Morgan fingerprint density at radius 3 is 2.58 bits per heavy atom. The van der Waals surface area contributed by atoms with E-state index in [0.717, 1.165) is 10.9 Å². The summed E-state index contributed by atoms with van der Waals surface area (Å²) < 4.78 is 0. The van der Waals surface area contributed by atoms with E-state index in [9.17, 15) is 15.0 Å². The number of pyridine rings is 1. The van der Waals surface area contributed by atoms with Crippen molar-refractivity contribution in [1.29, 1.82) is 0 Å². The Hall–Kier alpha value is -2.92. The molecule has 0 aliphatic carbocycles. The van der Waals surface area contributed by atoms with Crippen molar-refractivity contribution < 1.29 is 15.0 Å². The number of phenolic OH excluding ortho intramolecular Hbond substituents is 1. The van der Waals surface area contributed by atoms with Gasteiger partial charge in [0.05, 0.1) is 12.2 Å². The summed E-state index contributed by atoms with van der Waals surface area (Å²) in [5.74, 6) is -0.466. The molecule has 24 heavy (non-hydrogen) atoms. The summed E-state index contributed by atoms with van der Waals surface area (Å²) in [6.07, 6.45) is 1.58. The number of benzene rings is 2. The van der Waals surface area contributed by atoms with Crippen LogP contribution in [0.1, 0.15) is 15.9 Å². The average molecular weight is 322 g/mol. The fourth-order valence-electron chi connectivity index (χ4n) is 2.65. The second kappa shape index (κ2) is 7.10. The van der Waals surface area contributed by atoms with Crippen LogP contribution in [0.2, 0.25) is 0 Å². The van der Waals surface area contributed by atoms with Crippen molar-refractivity contribution in [3.63, 3.8) is 0 Å². The quantitative estimate of drug-likeness (QED) is 0.757. The molecule has 5 heteroatoms. The molecule has 0 bridgehead atoms. The largest absolute Gasteiger partial charge is 0.505 e. The van der Waals surface area contributed by atoms with Gasteiger partial charge in [0, 0.05) is 24.7 Å². The number of amides is 1. The van der Waals surface area contributed by atoms with Crippen LogP contribution in [-0.4, -0.2) is 39.2 Å². The molecule has 0 saturated carbocycles. The van der Waals surface area contributed by atoms with E-state index in [1.807, 2.05) is 36.4 Å². The van der Waals surface area contributed by atoms with Gasteiger partial charge in [-0.3, -0.25) is 9.78 Å². The van der Waals surface area contributed by atoms with Gasteiger partial charge in [-0.15, -0.1) is 0 Å². The van der Waals surface area contributed by atoms with E-state index >= 15 is 0 Å². The van der Waals surface area contributed by atoms with E-state index < -0.39 is 0 Å². The monoisotopic (exact) mass is 322 g/mol. The molecule has 0 saturated heterocycles. The highest BCUT2D eigenvalue weighted by Gasteiger charge is 2.20. The van der Waals surface area contributed by atoms with Crippen molar-refractivity contribution in [2.45, 2.75) is 6.54 Å². The first kappa shape index (κ1) is 16.0. The van der Waals surface area contributed by atoms with Gasteiger partial charge in [0.15, 0.2) is 5.75 Å². The van der Waals surface area contributed by atoms with E-state index in [4.69, 9.17) is 0 Å². The number of hydrogen-bond donors (Lipinski definition) is 2. The molecule has 2 N–H and O–H groups in total.